The molecule has 0 atom stereocenters. The van der Waals surface area contributed by atoms with Gasteiger partial charge in [0.05, 0.1) is 5.75 Å². The summed E-state index contributed by atoms with van der Waals surface area (Å²) in [6.45, 7) is 1.79. The topological polar surface area (TPSA) is 120 Å². The van der Waals surface area contributed by atoms with Crippen LogP contribution < -0.4 is 0 Å². The summed E-state index contributed by atoms with van der Waals surface area (Å²) in [4.78, 5) is 16.2. The Morgan fingerprint density at radius 1 is 1.00 bits per heavy atom. The van der Waals surface area contributed by atoms with E-state index in [1.807, 2.05) is 6.20 Å². The predicted molar refractivity (Wildman–Crippen MR) is 117 cm³/mol. The molecule has 0 spiro atoms. The number of unbranched alkanes of at least 4 members (excludes halogenated alkanes) is 8. The zero-order valence-electron chi connectivity index (χ0n) is 18.8. The van der Waals surface area contributed by atoms with E-state index in [-0.39, 0.29) is 5.75 Å². The predicted octanol–water partition coefficient (Wildman–Crippen LogP) is 6.04. The number of rotatable bonds is 12. The molecule has 3 N–H and O–H groups in total. The average molecular weight is 477 g/mol. The molecule has 0 aliphatic carbocycles. The Balaban J connectivity index is -0.000000391. The second-order valence-corrected chi connectivity index (χ2v) is 8.24. The van der Waals surface area contributed by atoms with Crippen LogP contribution in [0, 0.1) is 0 Å². The van der Waals surface area contributed by atoms with Gasteiger partial charge in [0, 0.05) is 25.7 Å². The molecule has 0 aliphatic heterocycles. The molecule has 0 amide bonds. The van der Waals surface area contributed by atoms with Crippen molar-refractivity contribution in [2.45, 2.75) is 98.1 Å². The largest absolute Gasteiger partial charge is 0.481 e. The molecule has 1 aromatic heterocycles. The summed E-state index contributed by atoms with van der Waals surface area (Å²) in [7, 11) is -3.73. The van der Waals surface area contributed by atoms with Crippen LogP contribution in [0.3, 0.4) is 0 Å². The summed E-state index contributed by atoms with van der Waals surface area (Å²) in [6, 6.07) is 0. The molecule has 0 saturated heterocycles. The number of hydrogen-bond donors (Lipinski definition) is 3. The number of H-pyrrole nitrogens is 1. The maximum absolute atomic E-state index is 10.4. The maximum Gasteiger partial charge on any atom is 0.379 e. The molecule has 1 heterocycles. The van der Waals surface area contributed by atoms with Crippen LogP contribution >= 0.6 is 0 Å². The van der Waals surface area contributed by atoms with Crippen molar-refractivity contribution in [2.75, 3.05) is 5.75 Å². The van der Waals surface area contributed by atoms with Crippen molar-refractivity contribution in [2.24, 2.45) is 0 Å². The van der Waals surface area contributed by atoms with Gasteiger partial charge in [-0.2, -0.15) is 21.6 Å². The molecule has 7 nitrogen and oxygen atoms in total. The number of carboxylic acid groups (broad SMARTS) is 1. The summed E-state index contributed by atoms with van der Waals surface area (Å²) < 4.78 is 58.2. The van der Waals surface area contributed by atoms with Crippen molar-refractivity contribution >= 4 is 16.1 Å². The minimum absolute atomic E-state index is 0.0814. The van der Waals surface area contributed by atoms with Gasteiger partial charge in [-0.3, -0.25) is 9.35 Å². The summed E-state index contributed by atoms with van der Waals surface area (Å²) in [5.74, 6) is 0.193. The number of nitrogens with zero attached hydrogens (tertiary/aromatic N) is 1. The van der Waals surface area contributed by atoms with E-state index in [9.17, 15) is 21.6 Å². The van der Waals surface area contributed by atoms with Crippen molar-refractivity contribution in [3.05, 3.63) is 18.2 Å². The highest BCUT2D eigenvalue weighted by atomic mass is 32.2. The number of aliphatic carboxylic acids is 1. The van der Waals surface area contributed by atoms with Crippen LogP contribution in [-0.2, 0) is 21.3 Å². The molecule has 31 heavy (non-hydrogen) atoms. The SMILES string of the molecule is CC(=O)O.CCCCCCCCCCS(=O)(=O)O.CCCCc1ncc[nH]1.FC(F)F. The van der Waals surface area contributed by atoms with Gasteiger partial charge in [-0.15, -0.1) is 0 Å². The van der Waals surface area contributed by atoms with E-state index in [1.165, 1.54) is 44.9 Å². The third-order valence-electron chi connectivity index (χ3n) is 3.58. The number of nitrogens with one attached hydrogen (secondary N) is 1. The first-order valence-electron chi connectivity index (χ1n) is 10.5. The minimum atomic E-state index is -3.73. The number of aromatic nitrogens is 2. The van der Waals surface area contributed by atoms with E-state index in [0.29, 0.717) is 6.42 Å². The van der Waals surface area contributed by atoms with E-state index < -0.39 is 22.8 Å². The molecular formula is C20H39F3N2O5S. The third kappa shape index (κ3) is 47.6. The fraction of sp³-hybridized carbons (Fsp3) is 0.800. The summed E-state index contributed by atoms with van der Waals surface area (Å²) >= 11 is 0. The number of aromatic amines is 1. The standard InChI is InChI=1S/C10H22O3S.C7H12N2.C2H4O2.CHF3/c1-2-3-4-5-6-7-8-9-10-14(11,12)13;1-2-3-4-7-8-5-6-9-7;1-2(3)4;2-1(3)4/h2-10H2,1H3,(H,11,12,13);5-6H,2-4H2,1H3,(H,8,9);1H3,(H,3,4);1H. The van der Waals surface area contributed by atoms with E-state index >= 15 is 0 Å². The van der Waals surface area contributed by atoms with Crippen molar-refractivity contribution in [3.63, 3.8) is 0 Å². The molecule has 1 aromatic rings. The van der Waals surface area contributed by atoms with E-state index in [1.54, 1.807) is 6.20 Å². The van der Waals surface area contributed by atoms with Gasteiger partial charge in [0.25, 0.3) is 16.1 Å². The highest BCUT2D eigenvalue weighted by Gasteiger charge is 2.02. The Hall–Kier alpha value is -1.62. The maximum atomic E-state index is 10.4. The molecule has 11 heteroatoms. The van der Waals surface area contributed by atoms with Crippen molar-refractivity contribution in [1.82, 2.24) is 9.97 Å². The zero-order valence-corrected chi connectivity index (χ0v) is 19.6. The first-order valence-corrected chi connectivity index (χ1v) is 12.1. The van der Waals surface area contributed by atoms with Crippen LogP contribution in [0.15, 0.2) is 12.4 Å². The second-order valence-electron chi connectivity index (χ2n) is 6.67. The van der Waals surface area contributed by atoms with Crippen LogP contribution in [0.4, 0.5) is 13.2 Å². The molecular weight excluding hydrogens is 437 g/mol. The van der Waals surface area contributed by atoms with Crippen LogP contribution in [0.2, 0.25) is 0 Å². The Bertz CT molecular complexity index is 579. The number of aryl methyl sites for hydroxylation is 1. The van der Waals surface area contributed by atoms with Crippen LogP contribution in [0.25, 0.3) is 0 Å². The number of halogens is 3. The van der Waals surface area contributed by atoms with Crippen molar-refractivity contribution in [3.8, 4) is 0 Å². The minimum Gasteiger partial charge on any atom is -0.481 e. The summed E-state index contributed by atoms with van der Waals surface area (Å²) in [5, 5.41) is 7.42. The van der Waals surface area contributed by atoms with E-state index in [4.69, 9.17) is 14.5 Å². The number of carbonyl (C=O) groups is 1. The van der Waals surface area contributed by atoms with Crippen molar-refractivity contribution < 1.29 is 36.0 Å². The quantitative estimate of drug-likeness (QED) is 0.250. The van der Waals surface area contributed by atoms with Gasteiger partial charge in [0.15, 0.2) is 0 Å². The molecule has 0 radical (unpaired) electrons. The smallest absolute Gasteiger partial charge is 0.379 e. The van der Waals surface area contributed by atoms with Gasteiger partial charge in [-0.25, -0.2) is 4.98 Å². The van der Waals surface area contributed by atoms with Gasteiger partial charge in [-0.05, 0) is 12.8 Å². The third-order valence-corrected chi connectivity index (χ3v) is 4.38. The van der Waals surface area contributed by atoms with Gasteiger partial charge in [0.2, 0.25) is 0 Å². The number of hydrogen-bond acceptors (Lipinski definition) is 4. The summed E-state index contributed by atoms with van der Waals surface area (Å²) in [6.07, 6.45) is 16.1. The fourth-order valence-electron chi connectivity index (χ4n) is 2.20. The molecule has 186 valence electrons. The Morgan fingerprint density at radius 3 is 1.77 bits per heavy atom. The first-order chi connectivity index (χ1) is 14.5. The van der Waals surface area contributed by atoms with Crippen LogP contribution in [0.5, 0.6) is 0 Å². The van der Waals surface area contributed by atoms with Gasteiger partial charge >= 0.3 is 6.68 Å². The van der Waals surface area contributed by atoms with Crippen LogP contribution in [-0.4, -0.2) is 46.4 Å². The molecule has 0 saturated carbocycles. The highest BCUT2D eigenvalue weighted by molar-refractivity contribution is 7.85. The van der Waals surface area contributed by atoms with Gasteiger partial charge in [0.1, 0.15) is 5.82 Å². The number of carboxylic acids is 1. The van der Waals surface area contributed by atoms with Crippen molar-refractivity contribution in [1.29, 1.82) is 0 Å². The lowest BCUT2D eigenvalue weighted by atomic mass is 10.1. The number of imidazole rings is 1. The lowest BCUT2D eigenvalue weighted by Crippen LogP contribution is -2.03. The van der Waals surface area contributed by atoms with E-state index in [2.05, 4.69) is 23.8 Å². The molecule has 0 aliphatic rings. The van der Waals surface area contributed by atoms with Gasteiger partial charge < -0.3 is 10.1 Å². The normalized spacial score (nSPS) is 10.2. The number of alkyl halides is 3. The van der Waals surface area contributed by atoms with Gasteiger partial charge in [-0.1, -0.05) is 65.2 Å². The lowest BCUT2D eigenvalue weighted by molar-refractivity contribution is -0.134. The molecule has 0 bridgehead atoms. The molecule has 0 aromatic carbocycles. The monoisotopic (exact) mass is 476 g/mol. The highest BCUT2D eigenvalue weighted by Crippen LogP contribution is 2.08. The molecule has 0 unspecified atom stereocenters. The first kappa shape index (κ1) is 34.0. The Morgan fingerprint density at radius 2 is 1.42 bits per heavy atom. The Labute approximate surface area is 184 Å². The zero-order chi connectivity index (χ0) is 24.5. The summed E-state index contributed by atoms with van der Waals surface area (Å²) in [5.41, 5.74) is 0. The second kappa shape index (κ2) is 24.6. The fourth-order valence-corrected chi connectivity index (χ4v) is 2.77. The van der Waals surface area contributed by atoms with Crippen LogP contribution in [0.1, 0.15) is 90.8 Å². The lowest BCUT2D eigenvalue weighted by Gasteiger charge is -2.00. The Kier molecular flexibility index (Phi) is 27.0. The average Bonchev–Trinajstić information content (AvgIpc) is 3.14. The molecule has 0 fully saturated rings. The van der Waals surface area contributed by atoms with E-state index in [0.717, 1.165) is 32.0 Å². The molecule has 1 rings (SSSR count).